The summed E-state index contributed by atoms with van der Waals surface area (Å²) in [5.41, 5.74) is 1.22. The first-order valence-electron chi connectivity index (χ1n) is 14.2. The Labute approximate surface area is 264 Å². The minimum atomic E-state index is -0.867. The van der Waals surface area contributed by atoms with Gasteiger partial charge in [-0.1, -0.05) is 53.4 Å². The Kier molecular flexibility index (Phi) is 7.38. The van der Waals surface area contributed by atoms with Crippen molar-refractivity contribution < 1.29 is 28.3 Å². The van der Waals surface area contributed by atoms with Crippen LogP contribution in [0.3, 0.4) is 0 Å². The molecule has 226 valence electrons. The van der Waals surface area contributed by atoms with E-state index in [0.717, 1.165) is 38.8 Å². The monoisotopic (exact) mass is 639 g/mol. The first-order chi connectivity index (χ1) is 21.8. The number of benzene rings is 3. The molecule has 3 unspecified atom stereocenters. The molecule has 1 saturated heterocycles. The lowest BCUT2D eigenvalue weighted by Crippen LogP contribution is -2.32. The van der Waals surface area contributed by atoms with E-state index >= 15 is 0 Å². The number of fused-ring (bicyclic) bond motifs is 3. The Morgan fingerprint density at radius 3 is 2.44 bits per heavy atom. The van der Waals surface area contributed by atoms with Gasteiger partial charge in [-0.25, -0.2) is 9.69 Å². The number of amides is 3. The summed E-state index contributed by atoms with van der Waals surface area (Å²) in [6.45, 7) is 1.66. The van der Waals surface area contributed by atoms with E-state index in [2.05, 4.69) is 5.32 Å². The number of hydrogen-bond acceptors (Lipinski definition) is 9. The number of anilines is 2. The summed E-state index contributed by atoms with van der Waals surface area (Å²) in [6.07, 6.45) is 1.48. The van der Waals surface area contributed by atoms with E-state index in [1.54, 1.807) is 25.1 Å². The van der Waals surface area contributed by atoms with Gasteiger partial charge in [0.25, 0.3) is 0 Å². The van der Waals surface area contributed by atoms with Gasteiger partial charge in [-0.05, 0) is 66.2 Å². The molecule has 2 aliphatic rings. The molecule has 2 aliphatic heterocycles. The molecule has 4 heterocycles. The van der Waals surface area contributed by atoms with Crippen LogP contribution in [0.25, 0.3) is 10.8 Å². The minimum absolute atomic E-state index is 0.221. The van der Waals surface area contributed by atoms with Gasteiger partial charge in [0.15, 0.2) is 0 Å². The van der Waals surface area contributed by atoms with Crippen LogP contribution in [0.1, 0.15) is 33.8 Å². The summed E-state index contributed by atoms with van der Waals surface area (Å²) in [6, 6.07) is 22.9. The van der Waals surface area contributed by atoms with Crippen molar-refractivity contribution in [3.05, 3.63) is 111 Å². The van der Waals surface area contributed by atoms with Crippen molar-refractivity contribution in [2.45, 2.75) is 29.7 Å². The highest BCUT2D eigenvalue weighted by molar-refractivity contribution is 8.00. The quantitative estimate of drug-likeness (QED) is 0.189. The number of thioether (sulfide) groups is 1. The van der Waals surface area contributed by atoms with Gasteiger partial charge in [-0.15, -0.1) is 0 Å². The Morgan fingerprint density at radius 2 is 1.71 bits per heavy atom. The molecule has 1 fully saturated rings. The summed E-state index contributed by atoms with van der Waals surface area (Å²) in [4.78, 5) is 67.8. The van der Waals surface area contributed by atoms with Crippen molar-refractivity contribution in [1.29, 1.82) is 0 Å². The maximum absolute atomic E-state index is 14.0. The second-order valence-electron chi connectivity index (χ2n) is 10.6. The molecule has 0 bridgehead atoms. The van der Waals surface area contributed by atoms with Crippen LogP contribution < -0.4 is 15.1 Å². The largest absolute Gasteiger partial charge is 0.469 e. The Hall–Kier alpha value is -4.94. The van der Waals surface area contributed by atoms with Crippen LogP contribution in [0.2, 0.25) is 0 Å². The molecule has 45 heavy (non-hydrogen) atoms. The van der Waals surface area contributed by atoms with Crippen LogP contribution in [0.4, 0.5) is 11.4 Å². The molecule has 3 aromatic carbocycles. The van der Waals surface area contributed by atoms with Crippen molar-refractivity contribution in [2.24, 2.45) is 5.92 Å². The molecule has 0 saturated carbocycles. The second-order valence-corrected chi connectivity index (χ2v) is 12.7. The van der Waals surface area contributed by atoms with Gasteiger partial charge in [0, 0.05) is 5.69 Å². The zero-order chi connectivity index (χ0) is 31.2. The highest BCUT2D eigenvalue weighted by Crippen LogP contribution is 2.54. The predicted octanol–water partition coefficient (Wildman–Crippen LogP) is 5.27. The highest BCUT2D eigenvalue weighted by Gasteiger charge is 2.57. The van der Waals surface area contributed by atoms with Gasteiger partial charge in [0.1, 0.15) is 17.6 Å². The highest BCUT2D eigenvalue weighted by atomic mass is 32.2. The van der Waals surface area contributed by atoms with Gasteiger partial charge in [0.05, 0.1) is 45.9 Å². The zero-order valence-electron chi connectivity index (χ0n) is 23.8. The van der Waals surface area contributed by atoms with Crippen LogP contribution in [-0.2, 0) is 25.7 Å². The Morgan fingerprint density at radius 1 is 0.933 bits per heavy atom. The van der Waals surface area contributed by atoms with E-state index in [1.165, 1.54) is 35.1 Å². The molecule has 2 aromatic heterocycles. The van der Waals surface area contributed by atoms with Crippen LogP contribution in [0.5, 0.6) is 0 Å². The average Bonchev–Trinajstić information content (AvgIpc) is 3.74. The van der Waals surface area contributed by atoms with Crippen LogP contribution in [0.15, 0.2) is 99.4 Å². The number of aromatic nitrogens is 1. The fourth-order valence-electron chi connectivity index (χ4n) is 5.86. The lowest BCUT2D eigenvalue weighted by molar-refractivity contribution is -0.122. The number of hydrogen-bond donors (Lipinski definition) is 1. The number of carbonyl (C=O) groups is 4. The third-order valence-electron chi connectivity index (χ3n) is 7.87. The lowest BCUT2D eigenvalue weighted by atomic mass is 9.87. The fourth-order valence-corrected chi connectivity index (χ4v) is 8.61. The first kappa shape index (κ1) is 28.8. The maximum Gasteiger partial charge on any atom is 0.338 e. The SMILES string of the molecule is CCOC(=O)c1ccc(N2C(=O)C3Sc4c(sc(=O)n4CC(=O)Nc4ccc5ccccc5c4)C(c4ccco4)C3C2=O)cc1. The number of ether oxygens (including phenoxy) is 1. The van der Waals surface area contributed by atoms with Gasteiger partial charge < -0.3 is 14.5 Å². The van der Waals surface area contributed by atoms with Gasteiger partial charge in [0.2, 0.25) is 17.7 Å². The molecule has 5 aromatic rings. The van der Waals surface area contributed by atoms with E-state index in [1.807, 2.05) is 36.4 Å². The van der Waals surface area contributed by atoms with Crippen molar-refractivity contribution in [2.75, 3.05) is 16.8 Å². The molecular weight excluding hydrogens is 615 g/mol. The summed E-state index contributed by atoms with van der Waals surface area (Å²) >= 11 is 2.06. The number of nitrogens with one attached hydrogen (secondary N) is 1. The summed E-state index contributed by atoms with van der Waals surface area (Å²) in [7, 11) is 0. The number of rotatable bonds is 7. The van der Waals surface area contributed by atoms with E-state index in [4.69, 9.17) is 9.15 Å². The molecule has 3 amide bonds. The van der Waals surface area contributed by atoms with E-state index in [0.29, 0.717) is 32.6 Å². The maximum atomic E-state index is 14.0. The summed E-state index contributed by atoms with van der Waals surface area (Å²) < 4.78 is 12.1. The van der Waals surface area contributed by atoms with Crippen LogP contribution >= 0.6 is 23.1 Å². The van der Waals surface area contributed by atoms with Crippen LogP contribution in [-0.4, -0.2) is 40.1 Å². The third kappa shape index (κ3) is 5.05. The normalized spacial score (nSPS) is 19.0. The standard InChI is InChI=1S/C33H25N3O7S2/c1-2-42-32(40)19-10-13-22(14-11-19)36-29(38)26-25(23-8-5-15-43-23)28-31(44-27(26)30(36)39)35(33(41)45-28)17-24(37)34-21-12-9-18-6-3-4-7-20(18)16-21/h3-16,25-27H,2,17H2,1H3,(H,34,37). The summed E-state index contributed by atoms with van der Waals surface area (Å²) in [5, 5.41) is 4.47. The molecular formula is C33H25N3O7S2. The molecule has 12 heteroatoms. The minimum Gasteiger partial charge on any atom is -0.469 e. The van der Waals surface area contributed by atoms with Crippen molar-refractivity contribution >= 4 is 68.9 Å². The van der Waals surface area contributed by atoms with E-state index in [-0.39, 0.29) is 18.0 Å². The smallest absolute Gasteiger partial charge is 0.338 e. The third-order valence-corrected chi connectivity index (χ3v) is 10.5. The van der Waals surface area contributed by atoms with Crippen molar-refractivity contribution in [1.82, 2.24) is 4.57 Å². The molecule has 0 aliphatic carbocycles. The van der Waals surface area contributed by atoms with Crippen molar-refractivity contribution in [3.8, 4) is 0 Å². The Bertz CT molecular complexity index is 2030. The van der Waals surface area contributed by atoms with E-state index < -0.39 is 40.8 Å². The lowest BCUT2D eigenvalue weighted by Gasteiger charge is -2.29. The zero-order valence-corrected chi connectivity index (χ0v) is 25.4. The number of carbonyl (C=O) groups excluding carboxylic acids is 4. The summed E-state index contributed by atoms with van der Waals surface area (Å²) in [5.74, 6) is -2.89. The molecule has 7 rings (SSSR count). The van der Waals surface area contributed by atoms with Crippen molar-refractivity contribution in [3.63, 3.8) is 0 Å². The Balaban J connectivity index is 1.20. The molecule has 1 N–H and O–H groups in total. The number of nitrogens with zero attached hydrogens (tertiary/aromatic N) is 2. The van der Waals surface area contributed by atoms with Gasteiger partial charge >= 0.3 is 10.8 Å². The van der Waals surface area contributed by atoms with Crippen LogP contribution in [0, 0.1) is 5.92 Å². The number of furan rings is 1. The first-order valence-corrected chi connectivity index (χ1v) is 15.9. The number of thiazole rings is 1. The predicted molar refractivity (Wildman–Crippen MR) is 170 cm³/mol. The van der Waals surface area contributed by atoms with E-state index in [9.17, 15) is 24.0 Å². The topological polar surface area (TPSA) is 128 Å². The molecule has 0 radical (unpaired) electrons. The number of esters is 1. The van der Waals surface area contributed by atoms with Gasteiger partial charge in [-0.3, -0.25) is 23.7 Å². The molecule has 3 atom stereocenters. The second kappa shape index (κ2) is 11.5. The number of imide groups is 1. The average molecular weight is 640 g/mol. The fraction of sp³-hybridized carbons (Fsp3) is 0.182. The van der Waals surface area contributed by atoms with Gasteiger partial charge in [-0.2, -0.15) is 0 Å². The molecule has 0 spiro atoms. The molecule has 10 nitrogen and oxygen atoms in total.